The summed E-state index contributed by atoms with van der Waals surface area (Å²) >= 11 is 0. The number of carboxylic acid groups (broad SMARTS) is 1. The van der Waals surface area contributed by atoms with Crippen LogP contribution in [0.4, 0.5) is 0 Å². The highest BCUT2D eigenvalue weighted by Crippen LogP contribution is 2.14. The Morgan fingerprint density at radius 3 is 2.52 bits per heavy atom. The molecule has 0 aliphatic rings. The van der Waals surface area contributed by atoms with Gasteiger partial charge in [0.1, 0.15) is 6.54 Å². The van der Waals surface area contributed by atoms with Crippen LogP contribution in [0.3, 0.4) is 0 Å². The number of likely N-dealkylation sites (N-methyl/N-ethyl adjacent to an activating group) is 1. The predicted molar refractivity (Wildman–Crippen MR) is 82.5 cm³/mol. The van der Waals surface area contributed by atoms with Gasteiger partial charge in [0.05, 0.1) is 0 Å². The molecule has 0 radical (unpaired) electrons. The number of carboxylic acids is 1. The first kappa shape index (κ1) is 17.2. The molecule has 0 aliphatic carbocycles. The number of hydrogen-bond acceptors (Lipinski definition) is 3. The molecule has 1 aromatic carbocycles. The molecule has 1 rings (SSSR count). The van der Waals surface area contributed by atoms with Crippen molar-refractivity contribution in [1.82, 2.24) is 10.2 Å². The summed E-state index contributed by atoms with van der Waals surface area (Å²) in [6.45, 7) is 4.88. The summed E-state index contributed by atoms with van der Waals surface area (Å²) in [5, 5.41) is 12.1. The van der Waals surface area contributed by atoms with Crippen LogP contribution in [-0.4, -0.2) is 48.6 Å². The van der Waals surface area contributed by atoms with Crippen molar-refractivity contribution < 1.29 is 14.7 Å². The maximum absolute atomic E-state index is 12.6. The normalized spacial score (nSPS) is 10.7. The van der Waals surface area contributed by atoms with Crippen LogP contribution < -0.4 is 5.32 Å². The van der Waals surface area contributed by atoms with Crippen LogP contribution in [0, 0.1) is 5.92 Å². The van der Waals surface area contributed by atoms with E-state index in [1.54, 1.807) is 6.07 Å². The molecule has 2 N–H and O–H groups in total. The van der Waals surface area contributed by atoms with E-state index in [1.165, 1.54) is 4.90 Å². The molecule has 0 unspecified atom stereocenters. The van der Waals surface area contributed by atoms with Crippen LogP contribution in [-0.2, 0) is 11.2 Å². The smallest absolute Gasteiger partial charge is 0.323 e. The molecular weight excluding hydrogens is 268 g/mol. The van der Waals surface area contributed by atoms with Crippen molar-refractivity contribution in [3.8, 4) is 0 Å². The minimum absolute atomic E-state index is 0.210. The second kappa shape index (κ2) is 8.42. The Kier molecular flexibility index (Phi) is 6.88. The fourth-order valence-electron chi connectivity index (χ4n) is 2.20. The zero-order valence-electron chi connectivity index (χ0n) is 12.9. The first-order valence-corrected chi connectivity index (χ1v) is 7.19. The Bertz CT molecular complexity index is 486. The lowest BCUT2D eigenvalue weighted by atomic mass is 10.0. The molecule has 0 aliphatic heterocycles. The Morgan fingerprint density at radius 1 is 1.29 bits per heavy atom. The number of hydrogen-bond donors (Lipinski definition) is 2. The number of amides is 1. The lowest BCUT2D eigenvalue weighted by molar-refractivity contribution is -0.137. The van der Waals surface area contributed by atoms with Gasteiger partial charge in [0, 0.05) is 12.1 Å². The van der Waals surface area contributed by atoms with Gasteiger partial charge >= 0.3 is 5.97 Å². The molecule has 5 heteroatoms. The van der Waals surface area contributed by atoms with E-state index in [9.17, 15) is 9.59 Å². The van der Waals surface area contributed by atoms with E-state index in [0.29, 0.717) is 12.1 Å². The molecule has 116 valence electrons. The number of nitrogens with one attached hydrogen (secondary N) is 1. The maximum Gasteiger partial charge on any atom is 0.323 e. The molecular formula is C16H24N2O3. The highest BCUT2D eigenvalue weighted by molar-refractivity contribution is 5.97. The second-order valence-corrected chi connectivity index (χ2v) is 5.48. The van der Waals surface area contributed by atoms with E-state index in [1.807, 2.05) is 39.1 Å². The molecule has 0 saturated carbocycles. The number of nitrogens with zero attached hydrogens (tertiary/aromatic N) is 1. The summed E-state index contributed by atoms with van der Waals surface area (Å²) < 4.78 is 0. The summed E-state index contributed by atoms with van der Waals surface area (Å²) in [6.07, 6.45) is 0.737. The van der Waals surface area contributed by atoms with E-state index in [4.69, 9.17) is 5.11 Å². The number of carbonyl (C=O) groups excluding carboxylic acids is 1. The van der Waals surface area contributed by atoms with Crippen LogP contribution in [0.25, 0.3) is 0 Å². The molecule has 0 fully saturated rings. The zero-order chi connectivity index (χ0) is 15.8. The van der Waals surface area contributed by atoms with Gasteiger partial charge in [0.2, 0.25) is 0 Å². The number of rotatable bonds is 8. The van der Waals surface area contributed by atoms with Crippen LogP contribution in [0.2, 0.25) is 0 Å². The second-order valence-electron chi connectivity index (χ2n) is 5.48. The highest BCUT2D eigenvalue weighted by Gasteiger charge is 2.21. The van der Waals surface area contributed by atoms with E-state index in [2.05, 4.69) is 5.32 Å². The van der Waals surface area contributed by atoms with Crippen molar-refractivity contribution in [2.75, 3.05) is 26.7 Å². The van der Waals surface area contributed by atoms with Gasteiger partial charge in [0.15, 0.2) is 0 Å². The summed E-state index contributed by atoms with van der Waals surface area (Å²) in [6, 6.07) is 7.39. The average Bonchev–Trinajstić information content (AvgIpc) is 2.43. The molecule has 0 saturated heterocycles. The lowest BCUT2D eigenvalue weighted by Crippen LogP contribution is -2.38. The van der Waals surface area contributed by atoms with Gasteiger partial charge in [-0.05, 0) is 37.6 Å². The number of benzene rings is 1. The fourth-order valence-corrected chi connectivity index (χ4v) is 2.20. The van der Waals surface area contributed by atoms with Crippen molar-refractivity contribution in [3.05, 3.63) is 35.4 Å². The molecule has 0 atom stereocenters. The Hall–Kier alpha value is -1.88. The molecule has 0 heterocycles. The quantitative estimate of drug-likeness (QED) is 0.764. The minimum atomic E-state index is -0.989. The SMILES string of the molecule is CNCCc1ccccc1C(=O)N(CC(=O)O)CC(C)C. The molecule has 5 nitrogen and oxygen atoms in total. The maximum atomic E-state index is 12.6. The third kappa shape index (κ3) is 5.55. The molecule has 21 heavy (non-hydrogen) atoms. The van der Waals surface area contributed by atoms with Gasteiger partial charge in [-0.3, -0.25) is 9.59 Å². The topological polar surface area (TPSA) is 69.6 Å². The number of carbonyl (C=O) groups is 2. The highest BCUT2D eigenvalue weighted by atomic mass is 16.4. The summed E-state index contributed by atoms with van der Waals surface area (Å²) in [4.78, 5) is 25.0. The van der Waals surface area contributed by atoms with Crippen LogP contribution in [0.15, 0.2) is 24.3 Å². The van der Waals surface area contributed by atoms with Crippen molar-refractivity contribution in [1.29, 1.82) is 0 Å². The Morgan fingerprint density at radius 2 is 1.95 bits per heavy atom. The summed E-state index contributed by atoms with van der Waals surface area (Å²) in [5.41, 5.74) is 1.53. The third-order valence-corrected chi connectivity index (χ3v) is 3.09. The van der Waals surface area contributed by atoms with E-state index < -0.39 is 5.97 Å². The van der Waals surface area contributed by atoms with Crippen molar-refractivity contribution >= 4 is 11.9 Å². The molecule has 1 amide bonds. The van der Waals surface area contributed by atoms with Crippen LogP contribution in [0.5, 0.6) is 0 Å². The predicted octanol–water partition coefficient (Wildman–Crippen LogP) is 1.63. The Balaban J connectivity index is 2.99. The minimum Gasteiger partial charge on any atom is -0.480 e. The molecule has 0 spiro atoms. The van der Waals surface area contributed by atoms with Gasteiger partial charge in [-0.15, -0.1) is 0 Å². The first-order valence-electron chi connectivity index (χ1n) is 7.19. The fraction of sp³-hybridized carbons (Fsp3) is 0.500. The van der Waals surface area contributed by atoms with Gasteiger partial charge in [-0.25, -0.2) is 0 Å². The molecule has 0 aromatic heterocycles. The van der Waals surface area contributed by atoms with Gasteiger partial charge in [-0.2, -0.15) is 0 Å². The number of aliphatic carboxylic acids is 1. The summed E-state index contributed by atoms with van der Waals surface area (Å²) in [5.74, 6) is -0.979. The van der Waals surface area contributed by atoms with E-state index in [-0.39, 0.29) is 18.4 Å². The standard InChI is InChI=1S/C16H24N2O3/c1-12(2)10-18(11-15(19)20)16(21)14-7-5-4-6-13(14)8-9-17-3/h4-7,12,17H,8-11H2,1-3H3,(H,19,20). The lowest BCUT2D eigenvalue weighted by Gasteiger charge is -2.24. The molecule has 0 bridgehead atoms. The van der Waals surface area contributed by atoms with E-state index in [0.717, 1.165) is 18.5 Å². The van der Waals surface area contributed by atoms with Crippen LogP contribution in [0.1, 0.15) is 29.8 Å². The van der Waals surface area contributed by atoms with E-state index >= 15 is 0 Å². The Labute approximate surface area is 126 Å². The monoisotopic (exact) mass is 292 g/mol. The zero-order valence-corrected chi connectivity index (χ0v) is 12.9. The third-order valence-electron chi connectivity index (χ3n) is 3.09. The van der Waals surface area contributed by atoms with Crippen molar-refractivity contribution in [2.45, 2.75) is 20.3 Å². The van der Waals surface area contributed by atoms with Gasteiger partial charge < -0.3 is 15.3 Å². The van der Waals surface area contributed by atoms with Crippen molar-refractivity contribution in [3.63, 3.8) is 0 Å². The largest absolute Gasteiger partial charge is 0.480 e. The summed E-state index contributed by atoms with van der Waals surface area (Å²) in [7, 11) is 1.86. The molecule has 1 aromatic rings. The van der Waals surface area contributed by atoms with Gasteiger partial charge in [0.25, 0.3) is 5.91 Å². The van der Waals surface area contributed by atoms with Gasteiger partial charge in [-0.1, -0.05) is 32.0 Å². The van der Waals surface area contributed by atoms with Crippen molar-refractivity contribution in [2.24, 2.45) is 5.92 Å². The average molecular weight is 292 g/mol. The van der Waals surface area contributed by atoms with Crippen LogP contribution >= 0.6 is 0 Å². The first-order chi connectivity index (χ1) is 9.95.